The zero-order chi connectivity index (χ0) is 15.6. The summed E-state index contributed by atoms with van der Waals surface area (Å²) in [6.07, 6.45) is 0. The molecule has 118 valence electrons. The van der Waals surface area contributed by atoms with E-state index >= 15 is 0 Å². The Bertz CT molecular complexity index is 591. The van der Waals surface area contributed by atoms with Crippen LogP contribution in [0.15, 0.2) is 23.1 Å². The molecule has 1 fully saturated rings. The lowest BCUT2D eigenvalue weighted by atomic mass is 10.2. The number of nitrogens with zero attached hydrogens (tertiary/aromatic N) is 1. The van der Waals surface area contributed by atoms with Gasteiger partial charge in [-0.3, -0.25) is 0 Å². The quantitative estimate of drug-likeness (QED) is 0.842. The van der Waals surface area contributed by atoms with E-state index in [9.17, 15) is 8.42 Å². The van der Waals surface area contributed by atoms with E-state index in [1.807, 2.05) is 13.8 Å². The average molecular weight is 315 g/mol. The van der Waals surface area contributed by atoms with E-state index in [0.717, 1.165) is 0 Å². The zero-order valence-corrected chi connectivity index (χ0v) is 13.5. The number of rotatable bonds is 4. The van der Waals surface area contributed by atoms with Crippen molar-refractivity contribution in [3.05, 3.63) is 18.2 Å². The second-order valence-corrected chi connectivity index (χ2v) is 6.90. The van der Waals surface area contributed by atoms with Gasteiger partial charge in [0.15, 0.2) is 0 Å². The Morgan fingerprint density at radius 2 is 1.76 bits per heavy atom. The molecule has 0 bridgehead atoms. The Morgan fingerprint density at radius 3 is 2.29 bits per heavy atom. The zero-order valence-electron chi connectivity index (χ0n) is 12.7. The standard InChI is InChI=1S/C14H21NO5S/c1-10-8-20-9-11(2)15(10)21(16,17)14-6-5-12(18-3)7-13(14)19-4/h5-7,10-11H,8-9H2,1-4H3. The third-order valence-electron chi connectivity index (χ3n) is 3.51. The molecule has 1 aromatic carbocycles. The summed E-state index contributed by atoms with van der Waals surface area (Å²) in [6.45, 7) is 4.45. The minimum Gasteiger partial charge on any atom is -0.497 e. The molecule has 0 aromatic heterocycles. The molecule has 7 heteroatoms. The lowest BCUT2D eigenvalue weighted by molar-refractivity contribution is 0.00630. The molecule has 2 atom stereocenters. The van der Waals surface area contributed by atoms with Crippen LogP contribution < -0.4 is 9.47 Å². The van der Waals surface area contributed by atoms with Gasteiger partial charge in [-0.1, -0.05) is 0 Å². The van der Waals surface area contributed by atoms with Gasteiger partial charge in [-0.15, -0.1) is 0 Å². The molecule has 1 aliphatic rings. The fourth-order valence-corrected chi connectivity index (χ4v) is 4.50. The second kappa shape index (κ2) is 6.21. The predicted molar refractivity (Wildman–Crippen MR) is 78.3 cm³/mol. The first-order chi connectivity index (χ1) is 9.91. The monoisotopic (exact) mass is 315 g/mol. The maximum atomic E-state index is 12.9. The van der Waals surface area contributed by atoms with Crippen molar-refractivity contribution in [3.63, 3.8) is 0 Å². The van der Waals surface area contributed by atoms with Crippen molar-refractivity contribution in [2.75, 3.05) is 27.4 Å². The molecule has 1 saturated heterocycles. The number of ether oxygens (including phenoxy) is 3. The molecule has 1 aliphatic heterocycles. The summed E-state index contributed by atoms with van der Waals surface area (Å²) in [7, 11) is -0.688. The first-order valence-corrected chi connectivity index (χ1v) is 8.19. The second-order valence-electron chi connectivity index (χ2n) is 5.09. The highest BCUT2D eigenvalue weighted by Gasteiger charge is 2.37. The Kier molecular flexibility index (Phi) is 4.75. The topological polar surface area (TPSA) is 65.1 Å². The molecule has 2 unspecified atom stereocenters. The molecule has 0 N–H and O–H groups in total. The van der Waals surface area contributed by atoms with Crippen LogP contribution in [0.5, 0.6) is 11.5 Å². The minimum atomic E-state index is -3.66. The fraction of sp³-hybridized carbons (Fsp3) is 0.571. The van der Waals surface area contributed by atoms with Crippen molar-refractivity contribution < 1.29 is 22.6 Å². The molecule has 0 aliphatic carbocycles. The molecule has 6 nitrogen and oxygen atoms in total. The summed E-state index contributed by atoms with van der Waals surface area (Å²) in [5.41, 5.74) is 0. The number of methoxy groups -OCH3 is 2. The Morgan fingerprint density at radius 1 is 1.14 bits per heavy atom. The molecule has 1 heterocycles. The van der Waals surface area contributed by atoms with E-state index in [0.29, 0.717) is 19.0 Å². The Labute approximate surface area is 125 Å². The van der Waals surface area contributed by atoms with E-state index in [1.165, 1.54) is 24.6 Å². The van der Waals surface area contributed by atoms with Gasteiger partial charge in [0.2, 0.25) is 10.0 Å². The van der Waals surface area contributed by atoms with Crippen LogP contribution in [0.4, 0.5) is 0 Å². The van der Waals surface area contributed by atoms with E-state index in [-0.39, 0.29) is 22.7 Å². The van der Waals surface area contributed by atoms with Crippen molar-refractivity contribution in [2.45, 2.75) is 30.8 Å². The highest BCUT2D eigenvalue weighted by molar-refractivity contribution is 7.89. The van der Waals surface area contributed by atoms with E-state index in [2.05, 4.69) is 0 Å². The van der Waals surface area contributed by atoms with Crippen molar-refractivity contribution in [2.24, 2.45) is 0 Å². The summed E-state index contributed by atoms with van der Waals surface area (Å²) < 4.78 is 43.1. The lowest BCUT2D eigenvalue weighted by Gasteiger charge is -2.37. The third-order valence-corrected chi connectivity index (χ3v) is 5.68. The summed E-state index contributed by atoms with van der Waals surface area (Å²) >= 11 is 0. The fourth-order valence-electron chi connectivity index (χ4n) is 2.57. The third kappa shape index (κ3) is 3.00. The van der Waals surface area contributed by atoms with Crippen LogP contribution in [-0.2, 0) is 14.8 Å². The predicted octanol–water partition coefficient (Wildman–Crippen LogP) is 1.50. The van der Waals surface area contributed by atoms with Gasteiger partial charge in [-0.05, 0) is 26.0 Å². The molecule has 0 saturated carbocycles. The van der Waals surface area contributed by atoms with Gasteiger partial charge in [0.1, 0.15) is 16.4 Å². The summed E-state index contributed by atoms with van der Waals surface area (Å²) in [5.74, 6) is 0.828. The first kappa shape index (κ1) is 16.1. The van der Waals surface area contributed by atoms with Gasteiger partial charge < -0.3 is 14.2 Å². The van der Waals surface area contributed by atoms with Crippen LogP contribution in [0.3, 0.4) is 0 Å². The number of hydrogen-bond donors (Lipinski definition) is 0. The van der Waals surface area contributed by atoms with Crippen LogP contribution in [0, 0.1) is 0 Å². The molecular formula is C14H21NO5S. The van der Waals surface area contributed by atoms with Crippen LogP contribution >= 0.6 is 0 Å². The van der Waals surface area contributed by atoms with Crippen LogP contribution in [0.25, 0.3) is 0 Å². The van der Waals surface area contributed by atoms with Crippen LogP contribution in [0.2, 0.25) is 0 Å². The van der Waals surface area contributed by atoms with Gasteiger partial charge in [0.25, 0.3) is 0 Å². The summed E-state index contributed by atoms with van der Waals surface area (Å²) in [6, 6.07) is 4.27. The molecule has 1 aromatic rings. The summed E-state index contributed by atoms with van der Waals surface area (Å²) in [4.78, 5) is 0.145. The molecule has 2 rings (SSSR count). The van der Waals surface area contributed by atoms with E-state index in [1.54, 1.807) is 12.1 Å². The number of morpholine rings is 1. The molecule has 21 heavy (non-hydrogen) atoms. The normalized spacial score (nSPS) is 23.8. The van der Waals surface area contributed by atoms with Gasteiger partial charge in [-0.25, -0.2) is 8.42 Å². The van der Waals surface area contributed by atoms with Crippen LogP contribution in [-0.4, -0.2) is 52.2 Å². The van der Waals surface area contributed by atoms with E-state index in [4.69, 9.17) is 14.2 Å². The maximum absolute atomic E-state index is 12.9. The Hall–Kier alpha value is -1.31. The molecule has 0 amide bonds. The number of sulfonamides is 1. The summed E-state index contributed by atoms with van der Waals surface area (Å²) in [5, 5.41) is 0. The highest BCUT2D eigenvalue weighted by atomic mass is 32.2. The van der Waals surface area contributed by atoms with Crippen molar-refractivity contribution in [3.8, 4) is 11.5 Å². The minimum absolute atomic E-state index is 0.145. The SMILES string of the molecule is COc1ccc(S(=O)(=O)N2C(C)COCC2C)c(OC)c1. The van der Waals surface area contributed by atoms with E-state index < -0.39 is 10.0 Å². The smallest absolute Gasteiger partial charge is 0.247 e. The number of hydrogen-bond acceptors (Lipinski definition) is 5. The van der Waals surface area contributed by atoms with Gasteiger partial charge in [-0.2, -0.15) is 4.31 Å². The van der Waals surface area contributed by atoms with Crippen molar-refractivity contribution >= 4 is 10.0 Å². The average Bonchev–Trinajstić information content (AvgIpc) is 2.46. The largest absolute Gasteiger partial charge is 0.497 e. The maximum Gasteiger partial charge on any atom is 0.247 e. The molecule has 0 spiro atoms. The highest BCUT2D eigenvalue weighted by Crippen LogP contribution is 2.33. The molecular weight excluding hydrogens is 294 g/mol. The van der Waals surface area contributed by atoms with Crippen molar-refractivity contribution in [1.82, 2.24) is 4.31 Å². The van der Waals surface area contributed by atoms with Crippen molar-refractivity contribution in [1.29, 1.82) is 0 Å². The van der Waals surface area contributed by atoms with Crippen LogP contribution in [0.1, 0.15) is 13.8 Å². The van der Waals surface area contributed by atoms with Gasteiger partial charge >= 0.3 is 0 Å². The van der Waals surface area contributed by atoms with Gasteiger partial charge in [0.05, 0.1) is 27.4 Å². The molecule has 0 radical (unpaired) electrons. The van der Waals surface area contributed by atoms with Gasteiger partial charge in [0, 0.05) is 18.2 Å². The number of benzene rings is 1. The lowest BCUT2D eigenvalue weighted by Crippen LogP contribution is -2.52. The Balaban J connectivity index is 2.48. The first-order valence-electron chi connectivity index (χ1n) is 6.75.